The molecule has 3 heterocycles. The Kier molecular flexibility index (Phi) is 4.79. The van der Waals surface area contributed by atoms with Crippen molar-refractivity contribution in [3.8, 4) is 0 Å². The van der Waals surface area contributed by atoms with Gasteiger partial charge in [0.1, 0.15) is 17.6 Å². The van der Waals surface area contributed by atoms with Crippen molar-refractivity contribution in [3.05, 3.63) is 52.1 Å². The summed E-state index contributed by atoms with van der Waals surface area (Å²) in [5.74, 6) is -0.171. The first-order valence-electron chi connectivity index (χ1n) is 10.2. The number of nitrogens with one attached hydrogen (secondary N) is 1. The van der Waals surface area contributed by atoms with Gasteiger partial charge in [-0.15, -0.1) is 0 Å². The van der Waals surface area contributed by atoms with Crippen LogP contribution in [-0.2, 0) is 17.8 Å². The summed E-state index contributed by atoms with van der Waals surface area (Å²) in [6.45, 7) is 1.91. The first-order valence-corrected chi connectivity index (χ1v) is 11.0. The van der Waals surface area contributed by atoms with Crippen LogP contribution in [0.15, 0.2) is 35.4 Å². The normalized spacial score (nSPS) is 18.8. The van der Waals surface area contributed by atoms with Crippen molar-refractivity contribution in [1.82, 2.24) is 19.9 Å². The van der Waals surface area contributed by atoms with Crippen molar-refractivity contribution < 1.29 is 4.79 Å². The van der Waals surface area contributed by atoms with Crippen LogP contribution in [0.25, 0.3) is 10.3 Å². The molecule has 29 heavy (non-hydrogen) atoms. The maximum absolute atomic E-state index is 12.9. The number of nitrogens with zero attached hydrogens (tertiary/aromatic N) is 4. The highest BCUT2D eigenvalue weighted by Gasteiger charge is 2.24. The molecule has 2 aromatic heterocycles. The van der Waals surface area contributed by atoms with E-state index >= 15 is 0 Å². The highest BCUT2D eigenvalue weighted by Crippen LogP contribution is 2.30. The van der Waals surface area contributed by atoms with E-state index in [0.717, 1.165) is 43.9 Å². The monoisotopic (exact) mass is 409 g/mol. The minimum absolute atomic E-state index is 0.0141. The minimum Gasteiger partial charge on any atom is -0.348 e. The van der Waals surface area contributed by atoms with E-state index in [1.54, 1.807) is 0 Å². The number of thiazole rings is 1. The average molecular weight is 410 g/mol. The molecule has 3 aromatic rings. The molecular formula is C21H23N5O2S. The van der Waals surface area contributed by atoms with Gasteiger partial charge in [-0.2, -0.15) is 4.98 Å². The molecule has 1 N–H and O–H groups in total. The molecular weight excluding hydrogens is 386 g/mol. The second kappa shape index (κ2) is 7.59. The smallest absolute Gasteiger partial charge is 0.273 e. The van der Waals surface area contributed by atoms with E-state index in [4.69, 9.17) is 0 Å². The molecule has 150 valence electrons. The quantitative estimate of drug-likeness (QED) is 0.717. The number of carbonyl (C=O) groups is 1. The summed E-state index contributed by atoms with van der Waals surface area (Å²) in [5.41, 5.74) is 2.74. The van der Waals surface area contributed by atoms with Gasteiger partial charge in [-0.25, -0.2) is 4.98 Å². The van der Waals surface area contributed by atoms with Gasteiger partial charge in [-0.3, -0.25) is 14.2 Å². The van der Waals surface area contributed by atoms with Crippen LogP contribution < -0.4 is 15.8 Å². The summed E-state index contributed by atoms with van der Waals surface area (Å²) in [6, 6.07) is 8.20. The SMILES string of the molecule is O=C(Cn1cnc2nc(N3CCCCC3)sc2c1=O)NC1CCc2ccccc21. The summed E-state index contributed by atoms with van der Waals surface area (Å²) in [7, 11) is 0. The molecule has 7 nitrogen and oxygen atoms in total. The first kappa shape index (κ1) is 18.3. The van der Waals surface area contributed by atoms with Crippen LogP contribution in [0, 0.1) is 0 Å². The number of aryl methyl sites for hydroxylation is 1. The summed E-state index contributed by atoms with van der Waals surface area (Å²) >= 11 is 1.38. The van der Waals surface area contributed by atoms with E-state index in [-0.39, 0.29) is 24.1 Å². The summed E-state index contributed by atoms with van der Waals surface area (Å²) < 4.78 is 1.91. The van der Waals surface area contributed by atoms with Gasteiger partial charge in [-0.1, -0.05) is 35.6 Å². The number of aromatic nitrogens is 3. The average Bonchev–Trinajstić information content (AvgIpc) is 3.36. The largest absolute Gasteiger partial charge is 0.348 e. The maximum atomic E-state index is 12.9. The Morgan fingerprint density at radius 1 is 1.21 bits per heavy atom. The fourth-order valence-corrected chi connectivity index (χ4v) is 5.29. The summed E-state index contributed by atoms with van der Waals surface area (Å²) in [5, 5.41) is 3.92. The number of piperidine rings is 1. The molecule has 0 saturated carbocycles. The van der Waals surface area contributed by atoms with Gasteiger partial charge in [0.15, 0.2) is 10.8 Å². The van der Waals surface area contributed by atoms with Gasteiger partial charge in [0.05, 0.1) is 6.04 Å². The molecule has 1 aliphatic carbocycles. The van der Waals surface area contributed by atoms with E-state index < -0.39 is 0 Å². The number of anilines is 1. The lowest BCUT2D eigenvalue weighted by Crippen LogP contribution is -2.34. The molecule has 0 radical (unpaired) electrons. The Hall–Kier alpha value is -2.74. The number of benzene rings is 1. The number of hydrogen-bond acceptors (Lipinski definition) is 6. The lowest BCUT2D eigenvalue weighted by Gasteiger charge is -2.25. The number of amides is 1. The van der Waals surface area contributed by atoms with Gasteiger partial charge in [0, 0.05) is 13.1 Å². The predicted molar refractivity (Wildman–Crippen MR) is 113 cm³/mol. The van der Waals surface area contributed by atoms with Gasteiger partial charge in [0.2, 0.25) is 5.91 Å². The molecule has 0 bridgehead atoms. The second-order valence-corrected chi connectivity index (χ2v) is 8.71. The fraction of sp³-hybridized carbons (Fsp3) is 0.429. The zero-order valence-corrected chi connectivity index (χ0v) is 17.0. The summed E-state index contributed by atoms with van der Waals surface area (Å²) in [4.78, 5) is 36.6. The van der Waals surface area contributed by atoms with Crippen molar-refractivity contribution in [2.24, 2.45) is 0 Å². The molecule has 1 aliphatic heterocycles. The van der Waals surface area contributed by atoms with E-state index in [1.165, 1.54) is 39.8 Å². The number of fused-ring (bicyclic) bond motifs is 2. The van der Waals surface area contributed by atoms with Crippen molar-refractivity contribution in [2.45, 2.75) is 44.7 Å². The van der Waals surface area contributed by atoms with Gasteiger partial charge in [0.25, 0.3) is 5.56 Å². The van der Waals surface area contributed by atoms with Crippen molar-refractivity contribution in [2.75, 3.05) is 18.0 Å². The molecule has 8 heteroatoms. The van der Waals surface area contributed by atoms with Crippen LogP contribution >= 0.6 is 11.3 Å². The van der Waals surface area contributed by atoms with Gasteiger partial charge >= 0.3 is 0 Å². The number of rotatable bonds is 4. The first-order chi connectivity index (χ1) is 14.2. The third-order valence-corrected chi connectivity index (χ3v) is 6.87. The fourth-order valence-electron chi connectivity index (χ4n) is 4.27. The van der Waals surface area contributed by atoms with Gasteiger partial charge < -0.3 is 10.2 Å². The number of carbonyl (C=O) groups excluding carboxylic acids is 1. The Morgan fingerprint density at radius 3 is 2.90 bits per heavy atom. The third-order valence-electron chi connectivity index (χ3n) is 5.78. The van der Waals surface area contributed by atoms with E-state index in [1.807, 2.05) is 12.1 Å². The maximum Gasteiger partial charge on any atom is 0.273 e. The lowest BCUT2D eigenvalue weighted by molar-refractivity contribution is -0.122. The molecule has 2 aliphatic rings. The van der Waals surface area contributed by atoms with Crippen LogP contribution in [0.3, 0.4) is 0 Å². The Balaban J connectivity index is 1.33. The minimum atomic E-state index is -0.197. The van der Waals surface area contributed by atoms with Crippen molar-refractivity contribution >= 4 is 32.7 Å². The molecule has 1 aromatic carbocycles. The third kappa shape index (κ3) is 3.53. The Labute approximate surface area is 172 Å². The standard InChI is InChI=1S/C21H23N5O2S/c27-17(23-16-9-8-14-6-2-3-7-15(14)16)12-26-13-22-19-18(20(26)28)29-21(24-19)25-10-4-1-5-11-25/h2-3,6-7,13,16H,1,4-5,8-12H2,(H,23,27). The van der Waals surface area contributed by atoms with Crippen LogP contribution in [0.5, 0.6) is 0 Å². The van der Waals surface area contributed by atoms with E-state index in [9.17, 15) is 9.59 Å². The van der Waals surface area contributed by atoms with E-state index in [0.29, 0.717) is 10.3 Å². The van der Waals surface area contributed by atoms with Gasteiger partial charge in [-0.05, 0) is 43.2 Å². The van der Waals surface area contributed by atoms with Crippen molar-refractivity contribution in [3.63, 3.8) is 0 Å². The topological polar surface area (TPSA) is 80.1 Å². The predicted octanol–water partition coefficient (Wildman–Crippen LogP) is 2.65. The summed E-state index contributed by atoms with van der Waals surface area (Å²) in [6.07, 6.45) is 6.84. The zero-order chi connectivity index (χ0) is 19.8. The molecule has 1 atom stereocenters. The zero-order valence-electron chi connectivity index (χ0n) is 16.1. The molecule has 0 spiro atoms. The Morgan fingerprint density at radius 2 is 2.03 bits per heavy atom. The van der Waals surface area contributed by atoms with Crippen LogP contribution in [-0.4, -0.2) is 33.5 Å². The molecule has 1 unspecified atom stereocenters. The lowest BCUT2D eigenvalue weighted by atomic mass is 10.1. The van der Waals surface area contributed by atoms with Crippen LogP contribution in [0.1, 0.15) is 42.9 Å². The highest BCUT2D eigenvalue weighted by molar-refractivity contribution is 7.22. The Bertz CT molecular complexity index is 1120. The molecule has 1 fully saturated rings. The van der Waals surface area contributed by atoms with E-state index in [2.05, 4.69) is 32.3 Å². The van der Waals surface area contributed by atoms with Crippen LogP contribution in [0.2, 0.25) is 0 Å². The molecule has 1 saturated heterocycles. The van der Waals surface area contributed by atoms with Crippen molar-refractivity contribution in [1.29, 1.82) is 0 Å². The highest BCUT2D eigenvalue weighted by atomic mass is 32.1. The number of hydrogen-bond donors (Lipinski definition) is 1. The second-order valence-electron chi connectivity index (χ2n) is 7.73. The van der Waals surface area contributed by atoms with Crippen LogP contribution in [0.4, 0.5) is 5.13 Å². The molecule has 5 rings (SSSR count). The molecule has 1 amide bonds.